The van der Waals surface area contributed by atoms with Crippen LogP contribution >= 0.6 is 0 Å². The van der Waals surface area contributed by atoms with Gasteiger partial charge in [0.25, 0.3) is 5.91 Å². The molecule has 1 N–H and O–H groups in total. The first-order chi connectivity index (χ1) is 13.7. The molecule has 0 spiro atoms. The van der Waals surface area contributed by atoms with Crippen LogP contribution in [-0.2, 0) is 25.5 Å². The second-order valence-electron chi connectivity index (χ2n) is 7.85. The first-order valence-electron chi connectivity index (χ1n) is 9.43. The molecule has 0 radical (unpaired) electrons. The van der Waals surface area contributed by atoms with E-state index in [4.69, 9.17) is 4.74 Å². The van der Waals surface area contributed by atoms with Crippen molar-refractivity contribution in [3.05, 3.63) is 29.3 Å². The summed E-state index contributed by atoms with van der Waals surface area (Å²) < 4.78 is 4.98. The highest BCUT2D eigenvalue weighted by Gasteiger charge is 2.56. The quantitative estimate of drug-likeness (QED) is 0.427. The summed E-state index contributed by atoms with van der Waals surface area (Å²) in [7, 11) is 1.67. The van der Waals surface area contributed by atoms with Crippen molar-refractivity contribution < 1.29 is 28.7 Å². The number of hydrogen-bond acceptors (Lipinski definition) is 6. The maximum Gasteiger partial charge on any atom is 0.326 e. The van der Waals surface area contributed by atoms with Crippen LogP contribution in [0.4, 0.5) is 10.5 Å². The van der Waals surface area contributed by atoms with Crippen LogP contribution in [-0.4, -0.2) is 60.2 Å². The van der Waals surface area contributed by atoms with Crippen LogP contribution < -0.4 is 10.2 Å². The lowest BCUT2D eigenvalue weighted by Gasteiger charge is -2.20. The molecule has 2 fully saturated rings. The minimum absolute atomic E-state index is 0.0530. The van der Waals surface area contributed by atoms with E-state index in [0.717, 1.165) is 29.0 Å². The Morgan fingerprint density at radius 1 is 1.24 bits per heavy atom. The Kier molecular flexibility index (Phi) is 4.40. The Balaban J connectivity index is 1.34. The third kappa shape index (κ3) is 3.26. The molecule has 0 unspecified atom stereocenters. The van der Waals surface area contributed by atoms with Crippen molar-refractivity contribution in [2.45, 2.75) is 31.7 Å². The molecular formula is C20H21N3O6. The average molecular weight is 399 g/mol. The molecule has 0 aromatic heterocycles. The third-order valence-electron chi connectivity index (χ3n) is 5.83. The molecule has 4 rings (SSSR count). The molecule has 9 heteroatoms. The monoisotopic (exact) mass is 399 g/mol. The largest absolute Gasteiger partial charge is 0.456 e. The Bertz CT molecular complexity index is 954. The SMILES string of the molecule is CN1C(=O)Cc2cc(C(=O)COC(=O)CN3C(=O)N[C@](C)(C4CC4)C3=O)ccc21. The van der Waals surface area contributed by atoms with Gasteiger partial charge in [-0.1, -0.05) is 0 Å². The maximum atomic E-state index is 12.5. The molecule has 2 heterocycles. The van der Waals surface area contributed by atoms with Crippen LogP contribution in [0.5, 0.6) is 0 Å². The summed E-state index contributed by atoms with van der Waals surface area (Å²) in [6, 6.07) is 4.25. The van der Waals surface area contributed by atoms with Gasteiger partial charge >= 0.3 is 12.0 Å². The van der Waals surface area contributed by atoms with E-state index in [9.17, 15) is 24.0 Å². The number of ether oxygens (including phenoxy) is 1. The van der Waals surface area contributed by atoms with Crippen molar-refractivity contribution in [2.24, 2.45) is 5.92 Å². The Morgan fingerprint density at radius 3 is 2.66 bits per heavy atom. The lowest BCUT2D eigenvalue weighted by Crippen LogP contribution is -2.46. The van der Waals surface area contributed by atoms with E-state index in [1.54, 1.807) is 32.2 Å². The Labute approximate surface area is 167 Å². The van der Waals surface area contributed by atoms with Crippen molar-refractivity contribution >= 4 is 35.3 Å². The predicted molar refractivity (Wildman–Crippen MR) is 100 cm³/mol. The number of nitrogens with one attached hydrogen (secondary N) is 1. The van der Waals surface area contributed by atoms with E-state index in [1.165, 1.54) is 4.90 Å². The van der Waals surface area contributed by atoms with Crippen LogP contribution in [0.1, 0.15) is 35.7 Å². The van der Waals surface area contributed by atoms with Crippen LogP contribution in [0.2, 0.25) is 0 Å². The molecular weight excluding hydrogens is 378 g/mol. The molecule has 4 amide bonds. The molecule has 2 aliphatic heterocycles. The zero-order valence-electron chi connectivity index (χ0n) is 16.2. The fourth-order valence-electron chi connectivity index (χ4n) is 3.84. The number of nitrogens with zero attached hydrogens (tertiary/aromatic N) is 2. The van der Waals surface area contributed by atoms with Crippen LogP contribution in [0.3, 0.4) is 0 Å². The van der Waals surface area contributed by atoms with Crippen LogP contribution in [0.25, 0.3) is 0 Å². The standard InChI is InChI=1S/C20H21N3O6/c1-20(13-4-5-13)18(27)23(19(28)21-20)9-17(26)29-10-15(24)11-3-6-14-12(7-11)8-16(25)22(14)2/h3,6-7,13H,4-5,8-10H2,1-2H3,(H,21,28)/t20-/m1/s1. The number of ketones is 1. The van der Waals surface area contributed by atoms with Crippen molar-refractivity contribution in [2.75, 3.05) is 25.1 Å². The number of fused-ring (bicyclic) bond motifs is 1. The minimum Gasteiger partial charge on any atom is -0.456 e. The average Bonchev–Trinajstić information content (AvgIpc) is 3.47. The van der Waals surface area contributed by atoms with Gasteiger partial charge in [0.2, 0.25) is 5.91 Å². The fraction of sp³-hybridized carbons (Fsp3) is 0.450. The van der Waals surface area contributed by atoms with E-state index in [0.29, 0.717) is 5.56 Å². The van der Waals surface area contributed by atoms with Gasteiger partial charge in [0.05, 0.1) is 6.42 Å². The highest BCUT2D eigenvalue weighted by molar-refractivity contribution is 6.09. The lowest BCUT2D eigenvalue weighted by atomic mass is 9.96. The van der Waals surface area contributed by atoms with E-state index in [1.807, 2.05) is 0 Å². The number of imide groups is 1. The Hall–Kier alpha value is -3.23. The number of benzene rings is 1. The fourth-order valence-corrected chi connectivity index (χ4v) is 3.84. The molecule has 1 atom stereocenters. The number of rotatable bonds is 6. The summed E-state index contributed by atoms with van der Waals surface area (Å²) in [5, 5.41) is 2.65. The zero-order valence-corrected chi connectivity index (χ0v) is 16.2. The lowest BCUT2D eigenvalue weighted by molar-refractivity contribution is -0.146. The molecule has 3 aliphatic rings. The van der Waals surface area contributed by atoms with Gasteiger partial charge < -0.3 is 15.0 Å². The minimum atomic E-state index is -0.970. The number of carbonyl (C=O) groups excluding carboxylic acids is 5. The molecule has 1 aliphatic carbocycles. The predicted octanol–water partition coefficient (Wildman–Crippen LogP) is 0.652. The van der Waals surface area contributed by atoms with Gasteiger partial charge in [-0.05, 0) is 49.4 Å². The van der Waals surface area contributed by atoms with E-state index in [2.05, 4.69) is 5.32 Å². The number of carbonyl (C=O) groups is 5. The second kappa shape index (κ2) is 6.68. The number of urea groups is 1. The van der Waals surface area contributed by atoms with Gasteiger partial charge in [-0.2, -0.15) is 0 Å². The summed E-state index contributed by atoms with van der Waals surface area (Å²) in [4.78, 5) is 63.1. The Morgan fingerprint density at radius 2 is 1.97 bits per heavy atom. The topological polar surface area (TPSA) is 113 Å². The number of esters is 1. The summed E-state index contributed by atoms with van der Waals surface area (Å²) in [5.74, 6) is -1.67. The van der Waals surface area contributed by atoms with Gasteiger partial charge in [0, 0.05) is 18.3 Å². The summed E-state index contributed by atoms with van der Waals surface area (Å²) in [6.45, 7) is 0.616. The smallest absolute Gasteiger partial charge is 0.326 e. The maximum absolute atomic E-state index is 12.5. The number of anilines is 1. The van der Waals surface area contributed by atoms with Gasteiger partial charge in [-0.25, -0.2) is 4.79 Å². The zero-order chi connectivity index (χ0) is 20.9. The van der Waals surface area contributed by atoms with Crippen molar-refractivity contribution in [1.29, 1.82) is 0 Å². The number of likely N-dealkylation sites (N-methyl/N-ethyl adjacent to an activating group) is 1. The van der Waals surface area contributed by atoms with E-state index >= 15 is 0 Å². The summed E-state index contributed by atoms with van der Waals surface area (Å²) in [6.07, 6.45) is 1.94. The molecule has 1 saturated carbocycles. The molecule has 0 bridgehead atoms. The van der Waals surface area contributed by atoms with Gasteiger partial charge in [0.15, 0.2) is 12.4 Å². The summed E-state index contributed by atoms with van der Waals surface area (Å²) >= 11 is 0. The van der Waals surface area contributed by atoms with Crippen molar-refractivity contribution in [1.82, 2.24) is 10.2 Å². The number of hydrogen-bond donors (Lipinski definition) is 1. The molecule has 1 aromatic rings. The molecule has 152 valence electrons. The highest BCUT2D eigenvalue weighted by atomic mass is 16.5. The second-order valence-corrected chi connectivity index (χ2v) is 7.85. The van der Waals surface area contributed by atoms with E-state index in [-0.39, 0.29) is 18.2 Å². The third-order valence-corrected chi connectivity index (χ3v) is 5.83. The van der Waals surface area contributed by atoms with E-state index < -0.39 is 42.4 Å². The molecule has 1 saturated heterocycles. The molecule has 9 nitrogen and oxygen atoms in total. The first-order valence-corrected chi connectivity index (χ1v) is 9.43. The van der Waals surface area contributed by atoms with Gasteiger partial charge in [-0.15, -0.1) is 0 Å². The first kappa shape index (κ1) is 19.1. The van der Waals surface area contributed by atoms with Crippen molar-refractivity contribution in [3.63, 3.8) is 0 Å². The van der Waals surface area contributed by atoms with Crippen LogP contribution in [0.15, 0.2) is 18.2 Å². The number of Topliss-reactive ketones (excluding diaryl/α,β-unsaturated/α-hetero) is 1. The van der Waals surface area contributed by atoms with Crippen molar-refractivity contribution in [3.8, 4) is 0 Å². The molecule has 1 aromatic carbocycles. The normalized spacial score (nSPS) is 23.3. The summed E-state index contributed by atoms with van der Waals surface area (Å²) in [5.41, 5.74) is 0.854. The highest BCUT2D eigenvalue weighted by Crippen LogP contribution is 2.42. The van der Waals surface area contributed by atoms with Gasteiger partial charge in [-0.3, -0.25) is 24.1 Å². The van der Waals surface area contributed by atoms with Gasteiger partial charge in [0.1, 0.15) is 12.1 Å². The molecule has 29 heavy (non-hydrogen) atoms. The number of amides is 4. The van der Waals surface area contributed by atoms with Crippen LogP contribution in [0, 0.1) is 5.92 Å².